The average Bonchev–Trinajstić information content (AvgIpc) is 3.39. The van der Waals surface area contributed by atoms with Crippen LogP contribution in [-0.2, 0) is 9.53 Å². The second-order valence-electron chi connectivity index (χ2n) is 10.8. The van der Waals surface area contributed by atoms with E-state index in [1.54, 1.807) is 6.07 Å². The van der Waals surface area contributed by atoms with Gasteiger partial charge >= 0.3 is 0 Å². The third kappa shape index (κ3) is 4.15. The van der Waals surface area contributed by atoms with Gasteiger partial charge in [-0.1, -0.05) is 36.4 Å². The Kier molecular flexibility index (Phi) is 5.85. The molecule has 1 N–H and O–H groups in total. The van der Waals surface area contributed by atoms with E-state index in [-0.39, 0.29) is 17.8 Å². The number of aromatic nitrogens is 2. The summed E-state index contributed by atoms with van der Waals surface area (Å²) in [5.41, 5.74) is 2.09. The summed E-state index contributed by atoms with van der Waals surface area (Å²) >= 11 is 0. The molecule has 4 atom stereocenters. The fourth-order valence-corrected chi connectivity index (χ4v) is 6.31. The third-order valence-corrected chi connectivity index (χ3v) is 8.38. The maximum Gasteiger partial charge on any atom is 0.231 e. The summed E-state index contributed by atoms with van der Waals surface area (Å²) in [6, 6.07) is 16.9. The fraction of sp³-hybridized carbons (Fsp3) is 0.500. The Morgan fingerprint density at radius 1 is 1.11 bits per heavy atom. The molecule has 7 heteroatoms. The van der Waals surface area contributed by atoms with Crippen molar-refractivity contribution < 1.29 is 13.9 Å². The van der Waals surface area contributed by atoms with E-state index >= 15 is 0 Å². The maximum atomic E-state index is 14.2. The molecule has 4 heterocycles. The Hall–Kier alpha value is -2.77. The zero-order chi connectivity index (χ0) is 24.0. The van der Waals surface area contributed by atoms with Gasteiger partial charge in [0.25, 0.3) is 0 Å². The van der Waals surface area contributed by atoms with Crippen LogP contribution in [0, 0.1) is 11.2 Å². The average molecular weight is 477 g/mol. The van der Waals surface area contributed by atoms with Crippen LogP contribution in [0.2, 0.25) is 0 Å². The maximum absolute atomic E-state index is 14.2. The van der Waals surface area contributed by atoms with Gasteiger partial charge in [-0.2, -0.15) is 0 Å². The van der Waals surface area contributed by atoms with Crippen molar-refractivity contribution in [1.82, 2.24) is 19.8 Å². The Morgan fingerprint density at radius 3 is 2.54 bits per heavy atom. The van der Waals surface area contributed by atoms with Gasteiger partial charge in [0.2, 0.25) is 5.91 Å². The summed E-state index contributed by atoms with van der Waals surface area (Å²) in [6.45, 7) is 3.91. The number of ether oxygens (including phenoxy) is 1. The summed E-state index contributed by atoms with van der Waals surface area (Å²) < 4.78 is 21.7. The van der Waals surface area contributed by atoms with Gasteiger partial charge in [0.15, 0.2) is 5.82 Å². The molecule has 6 nitrogen and oxygen atoms in total. The number of carbonyl (C=O) groups is 1. The number of carbonyl (C=O) groups excluding carboxylic acids is 1. The second-order valence-corrected chi connectivity index (χ2v) is 10.8. The van der Waals surface area contributed by atoms with E-state index in [1.165, 1.54) is 18.9 Å². The number of para-hydroxylation sites is 1. The molecule has 35 heavy (non-hydrogen) atoms. The van der Waals surface area contributed by atoms with E-state index in [0.29, 0.717) is 36.9 Å². The second kappa shape index (κ2) is 9.03. The van der Waals surface area contributed by atoms with Crippen LogP contribution in [0.25, 0.3) is 11.0 Å². The van der Waals surface area contributed by atoms with Gasteiger partial charge in [-0.15, -0.1) is 0 Å². The molecule has 184 valence electrons. The van der Waals surface area contributed by atoms with Crippen LogP contribution in [0.1, 0.15) is 56.7 Å². The minimum absolute atomic E-state index is 0.0150. The molecule has 3 aliphatic heterocycles. The van der Waals surface area contributed by atoms with E-state index in [9.17, 15) is 9.18 Å². The quantitative estimate of drug-likeness (QED) is 0.540. The molecule has 0 spiro atoms. The highest BCUT2D eigenvalue weighted by atomic mass is 19.1. The van der Waals surface area contributed by atoms with Crippen molar-refractivity contribution in [3.63, 3.8) is 0 Å². The molecule has 3 fully saturated rings. The van der Waals surface area contributed by atoms with Gasteiger partial charge in [0.1, 0.15) is 5.52 Å². The monoisotopic (exact) mass is 476 g/mol. The number of rotatable bonds is 7. The first kappa shape index (κ1) is 22.7. The van der Waals surface area contributed by atoms with Gasteiger partial charge in [-0.05, 0) is 56.7 Å². The molecule has 2 aromatic carbocycles. The number of piperidine rings is 1. The number of nitrogens with one attached hydrogen (secondary N) is 1. The van der Waals surface area contributed by atoms with Crippen LogP contribution in [0.5, 0.6) is 0 Å². The number of hydrogen-bond acceptors (Lipinski definition) is 4. The van der Waals surface area contributed by atoms with Crippen molar-refractivity contribution in [2.24, 2.45) is 5.41 Å². The lowest BCUT2D eigenvalue weighted by Crippen LogP contribution is -2.53. The smallest absolute Gasteiger partial charge is 0.231 e. The molecule has 2 bridgehead atoms. The summed E-state index contributed by atoms with van der Waals surface area (Å²) in [7, 11) is 0. The van der Waals surface area contributed by atoms with E-state index in [4.69, 9.17) is 4.74 Å². The first-order valence-electron chi connectivity index (χ1n) is 12.8. The van der Waals surface area contributed by atoms with Crippen molar-refractivity contribution in [2.45, 2.75) is 63.2 Å². The molecule has 3 saturated heterocycles. The summed E-state index contributed by atoms with van der Waals surface area (Å²) in [5, 5.41) is 3.33. The van der Waals surface area contributed by atoms with Gasteiger partial charge < -0.3 is 14.6 Å². The molecular weight excluding hydrogens is 443 g/mol. The summed E-state index contributed by atoms with van der Waals surface area (Å²) in [6.07, 6.45) is 7.19. The highest BCUT2D eigenvalue weighted by Crippen LogP contribution is 2.42. The largest absolute Gasteiger partial charge is 0.379 e. The molecule has 0 radical (unpaired) electrons. The van der Waals surface area contributed by atoms with Crippen molar-refractivity contribution in [1.29, 1.82) is 0 Å². The van der Waals surface area contributed by atoms with Crippen LogP contribution in [-0.4, -0.2) is 52.2 Å². The third-order valence-electron chi connectivity index (χ3n) is 8.38. The minimum atomic E-state index is -0.419. The van der Waals surface area contributed by atoms with Crippen LogP contribution < -0.4 is 5.32 Å². The van der Waals surface area contributed by atoms with Crippen molar-refractivity contribution >= 4 is 16.9 Å². The van der Waals surface area contributed by atoms with Gasteiger partial charge in [-0.3, -0.25) is 9.69 Å². The number of amides is 1. The number of imidazole rings is 1. The number of nitrogens with zero attached hydrogens (tertiary/aromatic N) is 3. The van der Waals surface area contributed by atoms with Crippen LogP contribution in [0.4, 0.5) is 4.39 Å². The standard InChI is InChI=1S/C28H33FN4O2/c1-28(16-35-17-28)27(34)31-24(19-6-3-2-4-7-19)12-13-32-20-10-11-21(32)15-22(14-20)33-18-30-26-23(29)8-5-9-25(26)33/h2-9,18,20-22,24H,10-17H2,1H3,(H,31,34)/t20-,21+,22?,24-/m0/s1. The molecule has 3 aromatic rings. The van der Waals surface area contributed by atoms with E-state index in [1.807, 2.05) is 37.5 Å². The van der Waals surface area contributed by atoms with Crippen LogP contribution in [0.3, 0.4) is 0 Å². The zero-order valence-corrected chi connectivity index (χ0v) is 20.2. The molecule has 0 saturated carbocycles. The van der Waals surface area contributed by atoms with Gasteiger partial charge in [0.05, 0.1) is 36.5 Å². The molecule has 3 aliphatic rings. The Balaban J connectivity index is 1.15. The van der Waals surface area contributed by atoms with Crippen molar-refractivity contribution in [3.05, 3.63) is 66.2 Å². The Labute approximate surface area is 205 Å². The summed E-state index contributed by atoms with van der Waals surface area (Å²) in [5.74, 6) is -0.170. The molecule has 1 aromatic heterocycles. The lowest BCUT2D eigenvalue weighted by Gasteiger charge is -2.41. The Bertz CT molecular complexity index is 1190. The SMILES string of the molecule is CC1(C(=O)N[C@@H](CCN2[C@@H]3CC[C@H]2CC(n2cnc4c(F)cccc42)C3)c2ccccc2)COC1. The first-order valence-corrected chi connectivity index (χ1v) is 12.8. The van der Waals surface area contributed by atoms with E-state index in [2.05, 4.69) is 31.9 Å². The fourth-order valence-electron chi connectivity index (χ4n) is 6.31. The molecule has 1 amide bonds. The molecule has 6 rings (SSSR count). The molecule has 0 aliphatic carbocycles. The molecular formula is C28H33FN4O2. The minimum Gasteiger partial charge on any atom is -0.379 e. The van der Waals surface area contributed by atoms with Gasteiger partial charge in [-0.25, -0.2) is 9.37 Å². The Morgan fingerprint density at radius 2 is 1.86 bits per heavy atom. The highest BCUT2D eigenvalue weighted by molar-refractivity contribution is 5.83. The number of hydrogen-bond donors (Lipinski definition) is 1. The predicted molar refractivity (Wildman–Crippen MR) is 132 cm³/mol. The number of halogens is 1. The lowest BCUT2D eigenvalue weighted by atomic mass is 9.87. The normalized spacial score (nSPS) is 26.4. The summed E-state index contributed by atoms with van der Waals surface area (Å²) in [4.78, 5) is 20.0. The van der Waals surface area contributed by atoms with E-state index < -0.39 is 5.41 Å². The topological polar surface area (TPSA) is 59.4 Å². The van der Waals surface area contributed by atoms with Crippen molar-refractivity contribution in [2.75, 3.05) is 19.8 Å². The van der Waals surface area contributed by atoms with Crippen LogP contribution in [0.15, 0.2) is 54.9 Å². The molecule has 1 unspecified atom stereocenters. The number of fused-ring (bicyclic) bond motifs is 3. The van der Waals surface area contributed by atoms with Crippen LogP contribution >= 0.6 is 0 Å². The van der Waals surface area contributed by atoms with Gasteiger partial charge in [0, 0.05) is 24.7 Å². The first-order chi connectivity index (χ1) is 17.0. The predicted octanol–water partition coefficient (Wildman–Crippen LogP) is 4.63. The van der Waals surface area contributed by atoms with Crippen molar-refractivity contribution in [3.8, 4) is 0 Å². The van der Waals surface area contributed by atoms with E-state index in [0.717, 1.165) is 36.9 Å². The zero-order valence-electron chi connectivity index (χ0n) is 20.2. The number of benzene rings is 2. The highest BCUT2D eigenvalue weighted by Gasteiger charge is 2.43. The lowest BCUT2D eigenvalue weighted by molar-refractivity contribution is -0.158.